The van der Waals surface area contributed by atoms with Gasteiger partial charge < -0.3 is 4.43 Å². The highest BCUT2D eigenvalue weighted by Crippen LogP contribution is 2.14. The van der Waals surface area contributed by atoms with E-state index in [1.54, 1.807) is 6.08 Å². The van der Waals surface area contributed by atoms with Crippen molar-refractivity contribution in [3.8, 4) is 0 Å². The molecule has 2 aromatic carbocycles. The van der Waals surface area contributed by atoms with Gasteiger partial charge in [-0.05, 0) is 30.3 Å². The molecule has 0 radical (unpaired) electrons. The Morgan fingerprint density at radius 1 is 1.00 bits per heavy atom. The highest BCUT2D eigenvalue weighted by molar-refractivity contribution is 6.72. The highest BCUT2D eigenvalue weighted by Gasteiger charge is 2.26. The Morgan fingerprint density at radius 3 is 2.19 bits per heavy atom. The molecule has 3 heteroatoms. The number of hydrogen-bond donors (Lipinski definition) is 0. The van der Waals surface area contributed by atoms with Gasteiger partial charge in [-0.3, -0.25) is 0 Å². The van der Waals surface area contributed by atoms with Gasteiger partial charge in [0, 0.05) is 12.1 Å². The van der Waals surface area contributed by atoms with Crippen molar-refractivity contribution >= 4 is 20.4 Å². The maximum absolute atomic E-state index is 11.9. The van der Waals surface area contributed by atoms with Crippen LogP contribution in [0.5, 0.6) is 0 Å². The van der Waals surface area contributed by atoms with Crippen LogP contribution in [0.1, 0.15) is 11.1 Å². The first-order valence-corrected chi connectivity index (χ1v) is 10.2. The molecule has 0 aromatic heterocycles. The van der Waals surface area contributed by atoms with Crippen molar-refractivity contribution in [1.29, 1.82) is 0 Å². The van der Waals surface area contributed by atoms with E-state index in [9.17, 15) is 4.79 Å². The molecular weight excluding hydrogens is 276 g/mol. The summed E-state index contributed by atoms with van der Waals surface area (Å²) in [5.74, 6) is -0.258. The molecule has 108 valence electrons. The molecule has 0 amide bonds. The summed E-state index contributed by atoms with van der Waals surface area (Å²) in [4.78, 5) is 11.9. The Balaban J connectivity index is 1.93. The van der Waals surface area contributed by atoms with E-state index in [1.807, 2.05) is 48.5 Å². The average molecular weight is 296 g/mol. The molecule has 0 heterocycles. The fourth-order valence-electron chi connectivity index (χ4n) is 2.16. The van der Waals surface area contributed by atoms with Crippen LogP contribution >= 0.6 is 0 Å². The van der Waals surface area contributed by atoms with Crippen molar-refractivity contribution in [2.45, 2.75) is 19.1 Å². The van der Waals surface area contributed by atoms with E-state index in [-0.39, 0.29) is 5.97 Å². The van der Waals surface area contributed by atoms with Crippen LogP contribution in [0, 0.1) is 0 Å². The smallest absolute Gasteiger partial charge is 0.317 e. The van der Waals surface area contributed by atoms with E-state index >= 15 is 0 Å². The van der Waals surface area contributed by atoms with E-state index in [4.69, 9.17) is 4.43 Å². The Hall–Kier alpha value is -2.13. The maximum Gasteiger partial charge on any atom is 0.317 e. The van der Waals surface area contributed by atoms with Crippen LogP contribution in [0.25, 0.3) is 6.08 Å². The molecule has 0 bridgehead atoms. The third-order valence-electron chi connectivity index (χ3n) is 3.06. The molecule has 0 aliphatic carbocycles. The Morgan fingerprint density at radius 2 is 1.57 bits per heavy atom. The van der Waals surface area contributed by atoms with Gasteiger partial charge in [0.25, 0.3) is 8.32 Å². The minimum atomic E-state index is -2.05. The number of rotatable bonds is 5. The second kappa shape index (κ2) is 7.04. The molecule has 0 N–H and O–H groups in total. The standard InChI is InChI=1S/C18H20O2Si/c1-21(2,15-17-11-7-4-8-12-17)20-18(19)14-13-16-9-5-3-6-10-16/h3-14H,15H2,1-2H3/b14-13+. The van der Waals surface area contributed by atoms with Gasteiger partial charge in [-0.2, -0.15) is 0 Å². The average Bonchev–Trinajstić information content (AvgIpc) is 2.46. The third kappa shape index (κ3) is 5.40. The molecule has 0 aliphatic heterocycles. The van der Waals surface area contributed by atoms with Gasteiger partial charge in [0.05, 0.1) is 0 Å². The number of carbonyl (C=O) groups excluding carboxylic acids is 1. The van der Waals surface area contributed by atoms with Crippen LogP contribution in [-0.4, -0.2) is 14.3 Å². The quantitative estimate of drug-likeness (QED) is 0.609. The first-order valence-electron chi connectivity index (χ1n) is 7.05. The fraction of sp³-hybridized carbons (Fsp3) is 0.167. The Labute approximate surface area is 127 Å². The summed E-state index contributed by atoms with van der Waals surface area (Å²) < 4.78 is 5.68. The molecule has 0 saturated heterocycles. The summed E-state index contributed by atoms with van der Waals surface area (Å²) in [5, 5.41) is 0. The summed E-state index contributed by atoms with van der Waals surface area (Å²) >= 11 is 0. The second-order valence-corrected chi connectivity index (χ2v) is 9.66. The van der Waals surface area contributed by atoms with Crippen molar-refractivity contribution in [2.75, 3.05) is 0 Å². The summed E-state index contributed by atoms with van der Waals surface area (Å²) in [6.45, 7) is 4.13. The molecule has 0 fully saturated rings. The van der Waals surface area contributed by atoms with Crippen molar-refractivity contribution in [1.82, 2.24) is 0 Å². The first-order chi connectivity index (χ1) is 10.1. The van der Waals surface area contributed by atoms with E-state index < -0.39 is 8.32 Å². The zero-order valence-electron chi connectivity index (χ0n) is 12.5. The lowest BCUT2D eigenvalue weighted by molar-refractivity contribution is -0.129. The maximum atomic E-state index is 11.9. The summed E-state index contributed by atoms with van der Waals surface area (Å²) in [5.41, 5.74) is 2.21. The monoisotopic (exact) mass is 296 g/mol. The second-order valence-electron chi connectivity index (χ2n) is 5.59. The molecular formula is C18H20O2Si. The van der Waals surface area contributed by atoms with E-state index in [1.165, 1.54) is 11.6 Å². The van der Waals surface area contributed by atoms with Gasteiger partial charge in [0.15, 0.2) is 0 Å². The largest absolute Gasteiger partial charge is 0.516 e. The molecule has 2 nitrogen and oxygen atoms in total. The predicted molar refractivity (Wildman–Crippen MR) is 89.2 cm³/mol. The lowest BCUT2D eigenvalue weighted by Crippen LogP contribution is -2.35. The summed E-state index contributed by atoms with van der Waals surface area (Å²) in [6.07, 6.45) is 3.30. The fourth-order valence-corrected chi connectivity index (χ4v) is 4.06. The Kier molecular flexibility index (Phi) is 5.12. The normalized spacial score (nSPS) is 11.5. The van der Waals surface area contributed by atoms with E-state index in [0.29, 0.717) is 0 Å². The van der Waals surface area contributed by atoms with Gasteiger partial charge in [0.1, 0.15) is 0 Å². The minimum Gasteiger partial charge on any atom is -0.516 e. The molecule has 0 unspecified atom stereocenters. The first kappa shape index (κ1) is 15.3. The molecule has 0 atom stereocenters. The van der Waals surface area contributed by atoms with E-state index in [2.05, 4.69) is 25.2 Å². The molecule has 0 saturated carbocycles. The van der Waals surface area contributed by atoms with Crippen molar-refractivity contribution in [3.05, 3.63) is 77.9 Å². The van der Waals surface area contributed by atoms with Crippen LogP contribution in [-0.2, 0) is 15.3 Å². The zero-order chi connectivity index (χ0) is 15.1. The van der Waals surface area contributed by atoms with Crippen LogP contribution in [0.15, 0.2) is 66.7 Å². The van der Waals surface area contributed by atoms with Crippen LogP contribution in [0.4, 0.5) is 0 Å². The number of benzene rings is 2. The lowest BCUT2D eigenvalue weighted by Gasteiger charge is -2.21. The van der Waals surface area contributed by atoms with Gasteiger partial charge >= 0.3 is 5.97 Å². The molecule has 2 rings (SSSR count). The third-order valence-corrected chi connectivity index (χ3v) is 5.07. The lowest BCUT2D eigenvalue weighted by atomic mass is 10.2. The van der Waals surface area contributed by atoms with Crippen LogP contribution in [0.3, 0.4) is 0 Å². The Bertz CT molecular complexity index is 604. The van der Waals surface area contributed by atoms with Crippen LogP contribution in [0.2, 0.25) is 13.1 Å². The van der Waals surface area contributed by atoms with Crippen molar-refractivity contribution < 1.29 is 9.22 Å². The van der Waals surface area contributed by atoms with Gasteiger partial charge in [-0.1, -0.05) is 60.7 Å². The topological polar surface area (TPSA) is 26.3 Å². The van der Waals surface area contributed by atoms with Crippen molar-refractivity contribution in [2.24, 2.45) is 0 Å². The minimum absolute atomic E-state index is 0.258. The molecule has 21 heavy (non-hydrogen) atoms. The molecule has 2 aromatic rings. The number of carbonyl (C=O) groups is 1. The van der Waals surface area contributed by atoms with E-state index in [0.717, 1.165) is 11.6 Å². The summed E-state index contributed by atoms with van der Waals surface area (Å²) in [6, 6.07) is 20.7. The molecule has 0 aliphatic rings. The van der Waals surface area contributed by atoms with Crippen molar-refractivity contribution in [3.63, 3.8) is 0 Å². The SMILES string of the molecule is C[Si](C)(Cc1ccccc1)OC(=O)/C=C/c1ccccc1. The molecule has 0 spiro atoms. The zero-order valence-corrected chi connectivity index (χ0v) is 13.5. The van der Waals surface area contributed by atoms with Gasteiger partial charge in [0.2, 0.25) is 0 Å². The van der Waals surface area contributed by atoms with Crippen LogP contribution < -0.4 is 0 Å². The predicted octanol–water partition coefficient (Wildman–Crippen LogP) is 4.23. The number of hydrogen-bond acceptors (Lipinski definition) is 2. The van der Waals surface area contributed by atoms with Gasteiger partial charge in [-0.15, -0.1) is 0 Å². The summed E-state index contributed by atoms with van der Waals surface area (Å²) in [7, 11) is -2.05. The van der Waals surface area contributed by atoms with Gasteiger partial charge in [-0.25, -0.2) is 4.79 Å². The highest BCUT2D eigenvalue weighted by atomic mass is 28.4.